The number of hydrogen-bond acceptors (Lipinski definition) is 2. The van der Waals surface area contributed by atoms with Crippen molar-refractivity contribution in [1.82, 2.24) is 0 Å². The standard InChI is InChI=1S/C12H11BrO3/c1-16-11-8-10(12(14)15)6-5-9(11)4-2-3-7-13/h5-6,8H,3,7H2,1H3,(H,14,15). The lowest BCUT2D eigenvalue weighted by Gasteiger charge is -2.04. The van der Waals surface area contributed by atoms with E-state index in [-0.39, 0.29) is 5.56 Å². The third-order valence-corrected chi connectivity index (χ3v) is 2.29. The first-order valence-corrected chi connectivity index (χ1v) is 5.77. The second kappa shape index (κ2) is 6.19. The van der Waals surface area contributed by atoms with Crippen LogP contribution in [0.15, 0.2) is 18.2 Å². The van der Waals surface area contributed by atoms with Gasteiger partial charge < -0.3 is 9.84 Å². The van der Waals surface area contributed by atoms with Gasteiger partial charge in [-0.05, 0) is 18.2 Å². The number of benzene rings is 1. The molecule has 0 aliphatic heterocycles. The average molecular weight is 283 g/mol. The number of alkyl halides is 1. The molecule has 1 rings (SSSR count). The van der Waals surface area contributed by atoms with Gasteiger partial charge in [0.05, 0.1) is 18.2 Å². The van der Waals surface area contributed by atoms with E-state index >= 15 is 0 Å². The fraction of sp³-hybridized carbons (Fsp3) is 0.250. The van der Waals surface area contributed by atoms with Crippen molar-refractivity contribution in [3.8, 4) is 17.6 Å². The van der Waals surface area contributed by atoms with Crippen LogP contribution >= 0.6 is 15.9 Å². The Hall–Kier alpha value is -1.47. The van der Waals surface area contributed by atoms with E-state index in [0.29, 0.717) is 11.3 Å². The topological polar surface area (TPSA) is 46.5 Å². The minimum absolute atomic E-state index is 0.197. The number of carboxylic acid groups (broad SMARTS) is 1. The highest BCUT2D eigenvalue weighted by molar-refractivity contribution is 9.09. The first-order chi connectivity index (χ1) is 7.69. The van der Waals surface area contributed by atoms with Crippen molar-refractivity contribution >= 4 is 21.9 Å². The molecule has 0 saturated heterocycles. The summed E-state index contributed by atoms with van der Waals surface area (Å²) in [5.41, 5.74) is 0.899. The Balaban J connectivity index is 3.03. The second-order valence-electron chi connectivity index (χ2n) is 2.96. The van der Waals surface area contributed by atoms with Crippen LogP contribution in [0.3, 0.4) is 0 Å². The molecule has 0 spiro atoms. The lowest BCUT2D eigenvalue weighted by molar-refractivity contribution is 0.0696. The number of methoxy groups -OCH3 is 1. The monoisotopic (exact) mass is 282 g/mol. The van der Waals surface area contributed by atoms with Gasteiger partial charge in [-0.2, -0.15) is 0 Å². The predicted molar refractivity (Wildman–Crippen MR) is 65.2 cm³/mol. The van der Waals surface area contributed by atoms with Crippen LogP contribution in [0.5, 0.6) is 5.75 Å². The molecule has 0 radical (unpaired) electrons. The molecule has 0 heterocycles. The highest BCUT2D eigenvalue weighted by atomic mass is 79.9. The molecule has 4 heteroatoms. The number of carbonyl (C=O) groups is 1. The second-order valence-corrected chi connectivity index (χ2v) is 3.75. The fourth-order valence-electron chi connectivity index (χ4n) is 1.13. The molecule has 0 aromatic heterocycles. The van der Waals surface area contributed by atoms with Crippen molar-refractivity contribution < 1.29 is 14.6 Å². The molecular formula is C12H11BrO3. The van der Waals surface area contributed by atoms with E-state index in [1.165, 1.54) is 19.2 Å². The van der Waals surface area contributed by atoms with Crippen LogP contribution < -0.4 is 4.74 Å². The van der Waals surface area contributed by atoms with Crippen molar-refractivity contribution in [3.05, 3.63) is 29.3 Å². The van der Waals surface area contributed by atoms with Gasteiger partial charge >= 0.3 is 5.97 Å². The van der Waals surface area contributed by atoms with E-state index in [9.17, 15) is 4.79 Å². The van der Waals surface area contributed by atoms with Gasteiger partial charge in [-0.1, -0.05) is 27.8 Å². The van der Waals surface area contributed by atoms with Gasteiger partial charge in [-0.3, -0.25) is 0 Å². The van der Waals surface area contributed by atoms with E-state index in [0.717, 1.165) is 11.8 Å². The van der Waals surface area contributed by atoms with Gasteiger partial charge in [0.1, 0.15) is 5.75 Å². The molecule has 0 amide bonds. The summed E-state index contributed by atoms with van der Waals surface area (Å²) in [6.07, 6.45) is 0.740. The lowest BCUT2D eigenvalue weighted by Crippen LogP contribution is -1.98. The van der Waals surface area contributed by atoms with Gasteiger partial charge in [0, 0.05) is 11.8 Å². The minimum Gasteiger partial charge on any atom is -0.495 e. The number of hydrogen-bond donors (Lipinski definition) is 1. The zero-order chi connectivity index (χ0) is 12.0. The Labute approximate surface area is 103 Å². The van der Waals surface area contributed by atoms with E-state index in [1.807, 2.05) is 0 Å². The maximum atomic E-state index is 10.7. The van der Waals surface area contributed by atoms with Crippen LogP contribution in [0, 0.1) is 11.8 Å². The summed E-state index contributed by atoms with van der Waals surface area (Å²) < 4.78 is 5.09. The third kappa shape index (κ3) is 3.28. The molecule has 0 bridgehead atoms. The van der Waals surface area contributed by atoms with Gasteiger partial charge in [-0.15, -0.1) is 0 Å². The van der Waals surface area contributed by atoms with Gasteiger partial charge in [0.25, 0.3) is 0 Å². The highest BCUT2D eigenvalue weighted by Gasteiger charge is 2.06. The molecule has 1 aromatic carbocycles. The lowest BCUT2D eigenvalue weighted by atomic mass is 10.1. The van der Waals surface area contributed by atoms with E-state index in [4.69, 9.17) is 9.84 Å². The van der Waals surface area contributed by atoms with Gasteiger partial charge in [0.2, 0.25) is 0 Å². The SMILES string of the molecule is COc1cc(C(=O)O)ccc1C#CCCBr. The summed E-state index contributed by atoms with van der Waals surface area (Å²) in [6.45, 7) is 0. The smallest absolute Gasteiger partial charge is 0.335 e. The third-order valence-electron chi connectivity index (χ3n) is 1.89. The fourth-order valence-corrected chi connectivity index (χ4v) is 1.33. The van der Waals surface area contributed by atoms with E-state index < -0.39 is 5.97 Å². The molecule has 16 heavy (non-hydrogen) atoms. The Bertz CT molecular complexity index is 443. The molecule has 0 unspecified atom stereocenters. The predicted octanol–water partition coefficient (Wildman–Crippen LogP) is 2.53. The summed E-state index contributed by atoms with van der Waals surface area (Å²) >= 11 is 3.28. The maximum Gasteiger partial charge on any atom is 0.335 e. The first-order valence-electron chi connectivity index (χ1n) is 4.65. The van der Waals surface area contributed by atoms with Crippen molar-refractivity contribution in [2.24, 2.45) is 0 Å². The highest BCUT2D eigenvalue weighted by Crippen LogP contribution is 2.19. The zero-order valence-electron chi connectivity index (χ0n) is 8.79. The molecule has 0 aliphatic carbocycles. The quantitative estimate of drug-likeness (QED) is 0.685. The Morgan fingerprint density at radius 1 is 1.56 bits per heavy atom. The van der Waals surface area contributed by atoms with Crippen LogP contribution in [0.4, 0.5) is 0 Å². The van der Waals surface area contributed by atoms with Crippen LogP contribution in [0.2, 0.25) is 0 Å². The zero-order valence-corrected chi connectivity index (χ0v) is 10.4. The molecular weight excluding hydrogens is 272 g/mol. The summed E-state index contributed by atoms with van der Waals surface area (Å²) in [4.78, 5) is 10.7. The van der Waals surface area contributed by atoms with Crippen LogP contribution in [-0.4, -0.2) is 23.5 Å². The summed E-state index contributed by atoms with van der Waals surface area (Å²) in [7, 11) is 1.50. The summed E-state index contributed by atoms with van der Waals surface area (Å²) in [5.74, 6) is 5.40. The maximum absolute atomic E-state index is 10.7. The molecule has 1 aromatic rings. The number of carboxylic acids is 1. The normalized spacial score (nSPS) is 9.12. The number of halogens is 1. The van der Waals surface area contributed by atoms with Crippen molar-refractivity contribution in [1.29, 1.82) is 0 Å². The summed E-state index contributed by atoms with van der Waals surface area (Å²) in [5, 5.41) is 9.63. The van der Waals surface area contributed by atoms with E-state index in [1.54, 1.807) is 6.07 Å². The van der Waals surface area contributed by atoms with Gasteiger partial charge in [-0.25, -0.2) is 4.79 Å². The Morgan fingerprint density at radius 2 is 2.31 bits per heavy atom. The van der Waals surface area contributed by atoms with Crippen molar-refractivity contribution in [2.75, 3.05) is 12.4 Å². The molecule has 0 atom stereocenters. The van der Waals surface area contributed by atoms with Crippen LogP contribution in [-0.2, 0) is 0 Å². The molecule has 0 aliphatic rings. The first kappa shape index (κ1) is 12.6. The van der Waals surface area contributed by atoms with Crippen LogP contribution in [0.1, 0.15) is 22.3 Å². The Kier molecular flexibility index (Phi) is 4.87. The number of rotatable bonds is 3. The molecule has 84 valence electrons. The number of ether oxygens (including phenoxy) is 1. The number of aromatic carboxylic acids is 1. The molecule has 0 fully saturated rings. The average Bonchev–Trinajstić information content (AvgIpc) is 2.29. The van der Waals surface area contributed by atoms with Crippen molar-refractivity contribution in [3.63, 3.8) is 0 Å². The van der Waals surface area contributed by atoms with E-state index in [2.05, 4.69) is 27.8 Å². The minimum atomic E-state index is -0.974. The molecule has 1 N–H and O–H groups in total. The largest absolute Gasteiger partial charge is 0.495 e. The Morgan fingerprint density at radius 3 is 2.88 bits per heavy atom. The summed E-state index contributed by atoms with van der Waals surface area (Å²) in [6, 6.07) is 4.65. The van der Waals surface area contributed by atoms with Gasteiger partial charge in [0.15, 0.2) is 0 Å². The van der Waals surface area contributed by atoms with Crippen molar-refractivity contribution in [2.45, 2.75) is 6.42 Å². The molecule has 0 saturated carbocycles. The van der Waals surface area contributed by atoms with Crippen LogP contribution in [0.25, 0.3) is 0 Å². The molecule has 3 nitrogen and oxygen atoms in total.